The summed E-state index contributed by atoms with van der Waals surface area (Å²) in [6, 6.07) is 10.7. The zero-order chi connectivity index (χ0) is 14.4. The minimum atomic E-state index is -0.400. The van der Waals surface area contributed by atoms with Crippen LogP contribution in [0.4, 0.5) is 0 Å². The van der Waals surface area contributed by atoms with Crippen molar-refractivity contribution in [2.45, 2.75) is 13.3 Å². The number of hydrogen-bond acceptors (Lipinski definition) is 5. The van der Waals surface area contributed by atoms with Crippen LogP contribution in [0.5, 0.6) is 5.75 Å². The Balaban J connectivity index is 2.33. The summed E-state index contributed by atoms with van der Waals surface area (Å²) in [5.41, 5.74) is 1.23. The van der Waals surface area contributed by atoms with E-state index < -0.39 is 5.97 Å². The fourth-order valence-corrected chi connectivity index (χ4v) is 1.56. The molecule has 0 amide bonds. The Kier molecular flexibility index (Phi) is 4.55. The number of carbonyl (C=O) groups is 1. The molecule has 5 nitrogen and oxygen atoms in total. The van der Waals surface area contributed by atoms with Crippen LogP contribution >= 0.6 is 0 Å². The molecule has 20 heavy (non-hydrogen) atoms. The molecule has 1 aromatic heterocycles. The molecule has 0 saturated carbocycles. The van der Waals surface area contributed by atoms with Gasteiger partial charge in [-0.05, 0) is 36.4 Å². The molecule has 1 aromatic carbocycles. The monoisotopic (exact) mass is 273 g/mol. The summed E-state index contributed by atoms with van der Waals surface area (Å²) < 4.78 is 10.4. The normalized spacial score (nSPS) is 11.2. The molecule has 0 atom stereocenters. The molecular weight excluding hydrogens is 258 g/mol. The number of ether oxygens (including phenoxy) is 1. The van der Waals surface area contributed by atoms with Gasteiger partial charge in [0.15, 0.2) is 11.5 Å². The van der Waals surface area contributed by atoms with E-state index in [0.717, 1.165) is 11.3 Å². The van der Waals surface area contributed by atoms with Gasteiger partial charge in [-0.25, -0.2) is 4.79 Å². The average molecular weight is 273 g/mol. The van der Waals surface area contributed by atoms with Gasteiger partial charge in [-0.3, -0.25) is 0 Å². The van der Waals surface area contributed by atoms with Gasteiger partial charge in [0.25, 0.3) is 0 Å². The molecule has 0 spiro atoms. The highest BCUT2D eigenvalue weighted by Crippen LogP contribution is 2.16. The lowest BCUT2D eigenvalue weighted by atomic mass is 10.1. The second-order valence-corrected chi connectivity index (χ2v) is 3.96. The number of oxime groups is 1. The summed E-state index contributed by atoms with van der Waals surface area (Å²) in [7, 11) is 1.60. The Bertz CT molecular complexity index is 585. The van der Waals surface area contributed by atoms with Crippen molar-refractivity contribution >= 4 is 11.7 Å². The van der Waals surface area contributed by atoms with Crippen LogP contribution in [0, 0.1) is 0 Å². The van der Waals surface area contributed by atoms with Crippen molar-refractivity contribution in [3.8, 4) is 5.75 Å². The summed E-state index contributed by atoms with van der Waals surface area (Å²) in [4.78, 5) is 16.1. The SMILES string of the molecule is CCC(=O)O/N=C(/c1ccc(OC)cc1)c1ccco1. The molecule has 0 radical (unpaired) electrons. The largest absolute Gasteiger partial charge is 0.497 e. The first kappa shape index (κ1) is 13.9. The van der Waals surface area contributed by atoms with Crippen LogP contribution in [0.1, 0.15) is 24.7 Å². The molecular formula is C15H15NO4. The van der Waals surface area contributed by atoms with Gasteiger partial charge in [-0.1, -0.05) is 12.1 Å². The van der Waals surface area contributed by atoms with Crippen molar-refractivity contribution in [2.24, 2.45) is 5.16 Å². The third kappa shape index (κ3) is 3.26. The lowest BCUT2D eigenvalue weighted by molar-refractivity contribution is -0.143. The second kappa shape index (κ2) is 6.56. The van der Waals surface area contributed by atoms with Crippen LogP contribution in [-0.2, 0) is 9.63 Å². The highest BCUT2D eigenvalue weighted by Gasteiger charge is 2.12. The standard InChI is InChI=1S/C15H15NO4/c1-3-14(17)20-16-15(13-5-4-10-19-13)11-6-8-12(18-2)9-7-11/h4-10H,3H2,1-2H3/b16-15-. The van der Waals surface area contributed by atoms with Gasteiger partial charge < -0.3 is 14.0 Å². The number of hydrogen-bond donors (Lipinski definition) is 0. The highest BCUT2D eigenvalue weighted by molar-refractivity contribution is 6.11. The molecule has 104 valence electrons. The molecule has 0 N–H and O–H groups in total. The van der Waals surface area contributed by atoms with Crippen molar-refractivity contribution in [2.75, 3.05) is 7.11 Å². The Labute approximate surface area is 116 Å². The molecule has 0 aliphatic rings. The zero-order valence-electron chi connectivity index (χ0n) is 11.3. The fraction of sp³-hybridized carbons (Fsp3) is 0.200. The summed E-state index contributed by atoms with van der Waals surface area (Å²) >= 11 is 0. The number of carbonyl (C=O) groups excluding carboxylic acids is 1. The lowest BCUT2D eigenvalue weighted by Gasteiger charge is -2.05. The maximum atomic E-state index is 11.2. The van der Waals surface area contributed by atoms with Crippen LogP contribution in [0.2, 0.25) is 0 Å². The smallest absolute Gasteiger partial charge is 0.334 e. The van der Waals surface area contributed by atoms with Crippen LogP contribution in [-0.4, -0.2) is 18.8 Å². The minimum absolute atomic E-state index is 0.261. The molecule has 0 unspecified atom stereocenters. The third-order valence-electron chi connectivity index (χ3n) is 2.65. The molecule has 2 aromatic rings. The van der Waals surface area contributed by atoms with E-state index in [1.807, 2.05) is 12.1 Å². The maximum absolute atomic E-state index is 11.2. The van der Waals surface area contributed by atoms with Crippen LogP contribution < -0.4 is 4.74 Å². The molecule has 2 rings (SSSR count). The number of furan rings is 1. The summed E-state index contributed by atoms with van der Waals surface area (Å²) in [5.74, 6) is 0.861. The van der Waals surface area contributed by atoms with E-state index in [1.54, 1.807) is 38.3 Å². The number of nitrogens with zero attached hydrogens (tertiary/aromatic N) is 1. The van der Waals surface area contributed by atoms with Crippen LogP contribution in [0.25, 0.3) is 0 Å². The number of benzene rings is 1. The third-order valence-corrected chi connectivity index (χ3v) is 2.65. The van der Waals surface area contributed by atoms with Gasteiger partial charge in [-0.2, -0.15) is 0 Å². The predicted molar refractivity (Wildman–Crippen MR) is 73.7 cm³/mol. The maximum Gasteiger partial charge on any atom is 0.334 e. The van der Waals surface area contributed by atoms with E-state index in [4.69, 9.17) is 14.0 Å². The molecule has 5 heteroatoms. The number of methoxy groups -OCH3 is 1. The van der Waals surface area contributed by atoms with E-state index in [-0.39, 0.29) is 6.42 Å². The Hall–Kier alpha value is -2.56. The summed E-state index contributed by atoms with van der Waals surface area (Å²) in [5, 5.41) is 3.90. The summed E-state index contributed by atoms with van der Waals surface area (Å²) in [6.07, 6.45) is 1.80. The molecule has 0 fully saturated rings. The molecule has 0 aliphatic carbocycles. The quantitative estimate of drug-likeness (QED) is 0.477. The second-order valence-electron chi connectivity index (χ2n) is 3.96. The Morgan fingerprint density at radius 1 is 1.25 bits per heavy atom. The van der Waals surface area contributed by atoms with Crippen molar-refractivity contribution in [1.29, 1.82) is 0 Å². The van der Waals surface area contributed by atoms with E-state index in [0.29, 0.717) is 11.5 Å². The van der Waals surface area contributed by atoms with E-state index in [9.17, 15) is 4.79 Å². The predicted octanol–water partition coefficient (Wildman–Crippen LogP) is 2.99. The zero-order valence-corrected chi connectivity index (χ0v) is 11.3. The van der Waals surface area contributed by atoms with Crippen LogP contribution in [0.15, 0.2) is 52.2 Å². The van der Waals surface area contributed by atoms with Crippen molar-refractivity contribution in [1.82, 2.24) is 0 Å². The van der Waals surface area contributed by atoms with Crippen molar-refractivity contribution < 1.29 is 18.8 Å². The Morgan fingerprint density at radius 3 is 2.55 bits per heavy atom. The fourth-order valence-electron chi connectivity index (χ4n) is 1.56. The first-order valence-corrected chi connectivity index (χ1v) is 6.20. The van der Waals surface area contributed by atoms with Gasteiger partial charge in [0, 0.05) is 12.0 Å². The highest BCUT2D eigenvalue weighted by atomic mass is 16.7. The van der Waals surface area contributed by atoms with Crippen molar-refractivity contribution in [3.05, 3.63) is 54.0 Å². The van der Waals surface area contributed by atoms with Gasteiger partial charge in [0.2, 0.25) is 0 Å². The van der Waals surface area contributed by atoms with Gasteiger partial charge in [-0.15, -0.1) is 0 Å². The molecule has 0 aliphatic heterocycles. The topological polar surface area (TPSA) is 61.0 Å². The first-order valence-electron chi connectivity index (χ1n) is 6.20. The molecule has 0 saturated heterocycles. The van der Waals surface area contributed by atoms with Gasteiger partial charge >= 0.3 is 5.97 Å². The van der Waals surface area contributed by atoms with Gasteiger partial charge in [0.05, 0.1) is 13.4 Å². The summed E-state index contributed by atoms with van der Waals surface area (Å²) in [6.45, 7) is 1.71. The lowest BCUT2D eigenvalue weighted by Crippen LogP contribution is -2.06. The van der Waals surface area contributed by atoms with E-state index in [1.165, 1.54) is 6.26 Å². The van der Waals surface area contributed by atoms with Gasteiger partial charge in [0.1, 0.15) is 5.75 Å². The van der Waals surface area contributed by atoms with Crippen molar-refractivity contribution in [3.63, 3.8) is 0 Å². The minimum Gasteiger partial charge on any atom is -0.497 e. The Morgan fingerprint density at radius 2 is 2.00 bits per heavy atom. The molecule has 0 bridgehead atoms. The number of rotatable bonds is 5. The van der Waals surface area contributed by atoms with E-state index >= 15 is 0 Å². The molecule has 1 heterocycles. The van der Waals surface area contributed by atoms with Crippen LogP contribution in [0.3, 0.4) is 0 Å². The first-order chi connectivity index (χ1) is 9.74. The average Bonchev–Trinajstić information content (AvgIpc) is 3.02. The van der Waals surface area contributed by atoms with E-state index in [2.05, 4.69) is 5.16 Å².